The predicted molar refractivity (Wildman–Crippen MR) is 93.5 cm³/mol. The molecule has 0 aliphatic carbocycles. The van der Waals surface area contributed by atoms with Gasteiger partial charge < -0.3 is 0 Å². The van der Waals surface area contributed by atoms with E-state index in [9.17, 15) is 0 Å². The van der Waals surface area contributed by atoms with Gasteiger partial charge in [-0.1, -0.05) is 92.5 Å². The average molecular weight is 390 g/mol. The molecule has 3 aromatic carbocycles. The molecular weight excluding hydrogens is 376 g/mol. The third-order valence-electron chi connectivity index (χ3n) is 3.47. The molecule has 0 radical (unpaired) electrons. The fourth-order valence-electron chi connectivity index (χ4n) is 2.41. The molecule has 3 aromatic rings. The standard InChI is InChI=1S/C18H14Br2/c19-17-8-4-3-7-16(17)18(20)12-13-9-10-14-5-1-2-6-15(14)11-13/h1-11,18H,12H2. The molecule has 2 heteroatoms. The summed E-state index contributed by atoms with van der Waals surface area (Å²) in [4.78, 5) is 0.319. The predicted octanol–water partition coefficient (Wildman–Crippen LogP) is 6.28. The van der Waals surface area contributed by atoms with Gasteiger partial charge in [0.2, 0.25) is 0 Å². The van der Waals surface area contributed by atoms with E-state index in [1.165, 1.54) is 21.9 Å². The van der Waals surface area contributed by atoms with E-state index in [2.05, 4.69) is 92.5 Å². The fourth-order valence-corrected chi connectivity index (χ4v) is 4.05. The number of rotatable bonds is 3. The summed E-state index contributed by atoms with van der Waals surface area (Å²) in [6.45, 7) is 0. The molecule has 0 saturated carbocycles. The second kappa shape index (κ2) is 6.11. The zero-order valence-corrected chi connectivity index (χ0v) is 14.1. The second-order valence-electron chi connectivity index (χ2n) is 4.87. The van der Waals surface area contributed by atoms with Crippen molar-refractivity contribution in [1.29, 1.82) is 0 Å². The molecule has 1 unspecified atom stereocenters. The van der Waals surface area contributed by atoms with Crippen molar-refractivity contribution in [3.8, 4) is 0 Å². The van der Waals surface area contributed by atoms with Crippen molar-refractivity contribution in [3.63, 3.8) is 0 Å². The lowest BCUT2D eigenvalue weighted by atomic mass is 10.0. The lowest BCUT2D eigenvalue weighted by Crippen LogP contribution is -1.96. The van der Waals surface area contributed by atoms with Crippen LogP contribution in [0.1, 0.15) is 16.0 Å². The maximum atomic E-state index is 3.81. The highest BCUT2D eigenvalue weighted by molar-refractivity contribution is 9.11. The van der Waals surface area contributed by atoms with Gasteiger partial charge in [-0.3, -0.25) is 0 Å². The summed E-state index contributed by atoms with van der Waals surface area (Å²) in [6, 6.07) is 23.5. The summed E-state index contributed by atoms with van der Waals surface area (Å²) in [5, 5.41) is 2.60. The third kappa shape index (κ3) is 2.97. The van der Waals surface area contributed by atoms with Crippen LogP contribution in [0, 0.1) is 0 Å². The van der Waals surface area contributed by atoms with Crippen LogP contribution in [0.2, 0.25) is 0 Å². The first-order valence-electron chi connectivity index (χ1n) is 6.60. The normalized spacial score (nSPS) is 12.5. The Morgan fingerprint density at radius 3 is 2.30 bits per heavy atom. The maximum absolute atomic E-state index is 3.81. The van der Waals surface area contributed by atoms with Crippen LogP contribution in [-0.4, -0.2) is 0 Å². The molecule has 100 valence electrons. The molecule has 0 aliphatic rings. The van der Waals surface area contributed by atoms with Gasteiger partial charge in [-0.25, -0.2) is 0 Å². The minimum Gasteiger partial charge on any atom is -0.0835 e. The number of alkyl halides is 1. The van der Waals surface area contributed by atoms with Crippen molar-refractivity contribution in [3.05, 3.63) is 82.3 Å². The van der Waals surface area contributed by atoms with E-state index < -0.39 is 0 Å². The molecule has 0 spiro atoms. The topological polar surface area (TPSA) is 0 Å². The summed E-state index contributed by atoms with van der Waals surface area (Å²) in [6.07, 6.45) is 0.980. The van der Waals surface area contributed by atoms with Crippen LogP contribution in [0.4, 0.5) is 0 Å². The number of fused-ring (bicyclic) bond motifs is 1. The van der Waals surface area contributed by atoms with Crippen LogP contribution in [0.5, 0.6) is 0 Å². The molecule has 0 aromatic heterocycles. The molecule has 3 rings (SSSR count). The fraction of sp³-hybridized carbons (Fsp3) is 0.111. The van der Waals surface area contributed by atoms with Crippen molar-refractivity contribution in [2.24, 2.45) is 0 Å². The molecule has 0 nitrogen and oxygen atoms in total. The zero-order chi connectivity index (χ0) is 13.9. The van der Waals surface area contributed by atoms with E-state index in [-0.39, 0.29) is 0 Å². The minimum absolute atomic E-state index is 0.319. The number of benzene rings is 3. The van der Waals surface area contributed by atoms with Gasteiger partial charge in [-0.05, 0) is 34.4 Å². The summed E-state index contributed by atoms with van der Waals surface area (Å²) in [7, 11) is 0. The average Bonchev–Trinajstić information content (AvgIpc) is 2.47. The van der Waals surface area contributed by atoms with E-state index in [1.54, 1.807) is 0 Å². The zero-order valence-electron chi connectivity index (χ0n) is 10.9. The van der Waals surface area contributed by atoms with Gasteiger partial charge in [0.15, 0.2) is 0 Å². The summed E-state index contributed by atoms with van der Waals surface area (Å²) in [5.74, 6) is 0. The molecule has 0 amide bonds. The molecule has 1 atom stereocenters. The van der Waals surface area contributed by atoms with Crippen molar-refractivity contribution in [1.82, 2.24) is 0 Å². The van der Waals surface area contributed by atoms with Crippen LogP contribution in [-0.2, 0) is 6.42 Å². The molecule has 0 N–H and O–H groups in total. The molecule has 0 heterocycles. The highest BCUT2D eigenvalue weighted by Gasteiger charge is 2.11. The maximum Gasteiger partial charge on any atom is 0.0446 e. The first-order chi connectivity index (χ1) is 9.74. The Morgan fingerprint density at radius 2 is 1.50 bits per heavy atom. The highest BCUT2D eigenvalue weighted by Crippen LogP contribution is 2.32. The van der Waals surface area contributed by atoms with Gasteiger partial charge in [-0.2, -0.15) is 0 Å². The van der Waals surface area contributed by atoms with Crippen molar-refractivity contribution in [2.75, 3.05) is 0 Å². The van der Waals surface area contributed by atoms with Gasteiger partial charge in [-0.15, -0.1) is 0 Å². The molecular formula is C18H14Br2. The summed E-state index contributed by atoms with van der Waals surface area (Å²) >= 11 is 7.43. The van der Waals surface area contributed by atoms with E-state index in [1.807, 2.05) is 6.07 Å². The second-order valence-corrected chi connectivity index (χ2v) is 6.83. The Hall–Kier alpha value is -1.12. The van der Waals surface area contributed by atoms with E-state index in [0.29, 0.717) is 4.83 Å². The quantitative estimate of drug-likeness (QED) is 0.462. The molecule has 0 saturated heterocycles. The molecule has 0 aliphatic heterocycles. The van der Waals surface area contributed by atoms with Gasteiger partial charge in [0.05, 0.1) is 0 Å². The van der Waals surface area contributed by atoms with Crippen LogP contribution in [0.15, 0.2) is 71.2 Å². The Labute approximate surface area is 136 Å². The highest BCUT2D eigenvalue weighted by atomic mass is 79.9. The van der Waals surface area contributed by atoms with Crippen LogP contribution in [0.3, 0.4) is 0 Å². The number of hydrogen-bond acceptors (Lipinski definition) is 0. The summed E-state index contributed by atoms with van der Waals surface area (Å²) < 4.78 is 1.16. The Bertz CT molecular complexity index is 734. The summed E-state index contributed by atoms with van der Waals surface area (Å²) in [5.41, 5.74) is 2.64. The van der Waals surface area contributed by atoms with Crippen LogP contribution >= 0.6 is 31.9 Å². The van der Waals surface area contributed by atoms with Crippen LogP contribution in [0.25, 0.3) is 10.8 Å². The molecule has 0 bridgehead atoms. The van der Waals surface area contributed by atoms with E-state index in [0.717, 1.165) is 10.9 Å². The number of hydrogen-bond donors (Lipinski definition) is 0. The lowest BCUT2D eigenvalue weighted by molar-refractivity contribution is 0.945. The van der Waals surface area contributed by atoms with Crippen molar-refractivity contribution < 1.29 is 0 Å². The van der Waals surface area contributed by atoms with Gasteiger partial charge >= 0.3 is 0 Å². The van der Waals surface area contributed by atoms with Crippen molar-refractivity contribution >= 4 is 42.6 Å². The van der Waals surface area contributed by atoms with Crippen molar-refractivity contribution in [2.45, 2.75) is 11.2 Å². The number of halogens is 2. The van der Waals surface area contributed by atoms with E-state index >= 15 is 0 Å². The molecule has 0 fully saturated rings. The SMILES string of the molecule is Brc1ccccc1C(Br)Cc1ccc2ccccc2c1. The lowest BCUT2D eigenvalue weighted by Gasteiger charge is -2.12. The first-order valence-corrected chi connectivity index (χ1v) is 8.31. The van der Waals surface area contributed by atoms with Gasteiger partial charge in [0.25, 0.3) is 0 Å². The largest absolute Gasteiger partial charge is 0.0835 e. The Balaban J connectivity index is 1.87. The smallest absolute Gasteiger partial charge is 0.0446 e. The van der Waals surface area contributed by atoms with Gasteiger partial charge in [0, 0.05) is 9.30 Å². The Morgan fingerprint density at radius 1 is 0.800 bits per heavy atom. The van der Waals surface area contributed by atoms with Gasteiger partial charge in [0.1, 0.15) is 0 Å². The Kier molecular flexibility index (Phi) is 4.23. The molecule has 20 heavy (non-hydrogen) atoms. The minimum atomic E-state index is 0.319. The third-order valence-corrected chi connectivity index (χ3v) is 5.01. The first kappa shape index (κ1) is 13.8. The van der Waals surface area contributed by atoms with E-state index in [4.69, 9.17) is 0 Å². The van der Waals surface area contributed by atoms with Crippen LogP contribution < -0.4 is 0 Å². The monoisotopic (exact) mass is 388 g/mol.